The summed E-state index contributed by atoms with van der Waals surface area (Å²) < 4.78 is 46.7. The molecule has 5 rings (SSSR count). The van der Waals surface area contributed by atoms with Gasteiger partial charge in [-0.1, -0.05) is 46.2 Å². The number of hydrogen-bond donors (Lipinski definition) is 0. The fourth-order valence-corrected chi connectivity index (χ4v) is 3.54. The maximum absolute atomic E-state index is 13.0. The third-order valence-electron chi connectivity index (χ3n) is 4.93. The van der Waals surface area contributed by atoms with Crippen LogP contribution in [-0.2, 0) is 19.3 Å². The average Bonchev–Trinajstić information content (AvgIpc) is 3.43. The lowest BCUT2D eigenvalue weighted by Gasteiger charge is -2.06. The molecule has 0 radical (unpaired) electrons. The van der Waals surface area contributed by atoms with E-state index in [0.29, 0.717) is 11.6 Å². The molecule has 2 aromatic carbocycles. The molecule has 3 aromatic heterocycles. The van der Waals surface area contributed by atoms with E-state index >= 15 is 0 Å². The molecule has 34 heavy (non-hydrogen) atoms. The number of alkyl halides is 3. The molecule has 0 N–H and O–H groups in total. The van der Waals surface area contributed by atoms with Crippen LogP contribution in [0.3, 0.4) is 0 Å². The topological polar surface area (TPSA) is 105 Å². The molecular weight excluding hydrogens is 475 g/mol. The van der Waals surface area contributed by atoms with Crippen LogP contribution in [-0.4, -0.2) is 34.7 Å². The summed E-state index contributed by atoms with van der Waals surface area (Å²) >= 11 is 6.01. The van der Waals surface area contributed by atoms with Gasteiger partial charge in [0.25, 0.3) is 5.56 Å². The number of aromatic nitrogens is 7. The second-order valence-electron chi connectivity index (χ2n) is 7.32. The summed E-state index contributed by atoms with van der Waals surface area (Å²) in [5.41, 5.74) is 0.00997. The van der Waals surface area contributed by atoms with Gasteiger partial charge in [0.1, 0.15) is 12.9 Å². The second-order valence-corrected chi connectivity index (χ2v) is 7.75. The lowest BCUT2D eigenvalue weighted by Crippen LogP contribution is -2.21. The van der Waals surface area contributed by atoms with Crippen LogP contribution >= 0.6 is 11.6 Å². The van der Waals surface area contributed by atoms with Crippen LogP contribution in [0, 0.1) is 0 Å². The molecule has 3 heterocycles. The van der Waals surface area contributed by atoms with Gasteiger partial charge in [-0.3, -0.25) is 9.36 Å². The summed E-state index contributed by atoms with van der Waals surface area (Å²) in [5.74, 6) is -0.0161. The molecule has 0 bridgehead atoms. The first-order valence-corrected chi connectivity index (χ1v) is 10.2. The molecule has 0 aliphatic rings. The van der Waals surface area contributed by atoms with Gasteiger partial charge in [0.2, 0.25) is 11.7 Å². The standard InChI is InChI=1S/C21H13ClF3N7O2/c22-15-6-1-3-12(7-15)9-32-19-17(28-30-32)20(33)31(11-26-19)10-16-27-18(29-34-16)13-4-2-5-14(8-13)21(23,24)25/h1-8,11H,9-10H2. The summed E-state index contributed by atoms with van der Waals surface area (Å²) in [6, 6.07) is 11.7. The van der Waals surface area contributed by atoms with E-state index in [4.69, 9.17) is 16.1 Å². The summed E-state index contributed by atoms with van der Waals surface area (Å²) in [6.45, 7) is 0.173. The molecule has 0 saturated carbocycles. The Hall–Kier alpha value is -4.06. The van der Waals surface area contributed by atoms with Crippen molar-refractivity contribution in [3.63, 3.8) is 0 Å². The predicted molar refractivity (Wildman–Crippen MR) is 114 cm³/mol. The smallest absolute Gasteiger partial charge is 0.337 e. The molecule has 0 unspecified atom stereocenters. The SMILES string of the molecule is O=c1c2nnn(Cc3cccc(Cl)c3)c2ncn1Cc1nc(-c2cccc(C(F)(F)F)c2)no1. The average molecular weight is 488 g/mol. The zero-order chi connectivity index (χ0) is 23.9. The van der Waals surface area contributed by atoms with Gasteiger partial charge in [0.05, 0.1) is 12.1 Å². The van der Waals surface area contributed by atoms with Crippen molar-refractivity contribution < 1.29 is 17.7 Å². The Kier molecular flexibility index (Phi) is 5.36. The number of halogens is 4. The molecule has 0 aliphatic carbocycles. The van der Waals surface area contributed by atoms with E-state index in [1.165, 1.54) is 27.7 Å². The zero-order valence-corrected chi connectivity index (χ0v) is 17.8. The van der Waals surface area contributed by atoms with Crippen molar-refractivity contribution in [1.29, 1.82) is 0 Å². The van der Waals surface area contributed by atoms with Crippen LogP contribution in [0.5, 0.6) is 0 Å². The van der Waals surface area contributed by atoms with Crippen molar-refractivity contribution >= 4 is 22.8 Å². The van der Waals surface area contributed by atoms with Crippen LogP contribution in [0.2, 0.25) is 5.02 Å². The normalized spacial score (nSPS) is 11.9. The molecule has 0 spiro atoms. The molecule has 9 nitrogen and oxygen atoms in total. The lowest BCUT2D eigenvalue weighted by molar-refractivity contribution is -0.137. The highest BCUT2D eigenvalue weighted by atomic mass is 35.5. The number of nitrogens with zero attached hydrogens (tertiary/aromatic N) is 7. The van der Waals surface area contributed by atoms with Gasteiger partial charge in [-0.2, -0.15) is 18.2 Å². The van der Waals surface area contributed by atoms with Crippen LogP contribution in [0.15, 0.2) is 64.2 Å². The molecule has 0 aliphatic heterocycles. The first kappa shape index (κ1) is 21.8. The van der Waals surface area contributed by atoms with E-state index in [0.717, 1.165) is 17.7 Å². The van der Waals surface area contributed by atoms with Crippen molar-refractivity contribution in [1.82, 2.24) is 34.7 Å². The minimum atomic E-state index is -4.50. The van der Waals surface area contributed by atoms with Gasteiger partial charge in [-0.05, 0) is 29.8 Å². The van der Waals surface area contributed by atoms with Crippen LogP contribution < -0.4 is 5.56 Å². The van der Waals surface area contributed by atoms with Crippen LogP contribution in [0.4, 0.5) is 13.2 Å². The third-order valence-corrected chi connectivity index (χ3v) is 5.17. The van der Waals surface area contributed by atoms with E-state index in [-0.39, 0.29) is 35.0 Å². The fraction of sp³-hybridized carbons (Fsp3) is 0.143. The van der Waals surface area contributed by atoms with Crippen molar-refractivity contribution in [2.45, 2.75) is 19.3 Å². The Bertz CT molecular complexity index is 1560. The highest BCUT2D eigenvalue weighted by molar-refractivity contribution is 6.30. The Labute approximate surface area is 193 Å². The van der Waals surface area contributed by atoms with Crippen molar-refractivity contribution in [3.05, 3.63) is 87.3 Å². The van der Waals surface area contributed by atoms with Crippen molar-refractivity contribution in [3.8, 4) is 11.4 Å². The Balaban J connectivity index is 1.40. The quantitative estimate of drug-likeness (QED) is 0.371. The molecular formula is C21H13ClF3N7O2. The maximum atomic E-state index is 13.0. The summed E-state index contributed by atoms with van der Waals surface area (Å²) in [5, 5.41) is 12.2. The molecule has 0 amide bonds. The highest BCUT2D eigenvalue weighted by Gasteiger charge is 2.30. The first-order chi connectivity index (χ1) is 16.3. The van der Waals surface area contributed by atoms with E-state index < -0.39 is 17.3 Å². The number of benzene rings is 2. The molecule has 0 atom stereocenters. The zero-order valence-electron chi connectivity index (χ0n) is 17.1. The van der Waals surface area contributed by atoms with Crippen molar-refractivity contribution in [2.75, 3.05) is 0 Å². The van der Waals surface area contributed by atoms with Crippen molar-refractivity contribution in [2.24, 2.45) is 0 Å². The minimum absolute atomic E-state index is 0.0157. The first-order valence-electron chi connectivity index (χ1n) is 9.81. The Morgan fingerprint density at radius 3 is 2.68 bits per heavy atom. The van der Waals surface area contributed by atoms with E-state index in [2.05, 4.69) is 25.4 Å². The monoisotopic (exact) mass is 487 g/mol. The van der Waals surface area contributed by atoms with E-state index in [1.807, 2.05) is 6.07 Å². The molecule has 5 aromatic rings. The third kappa shape index (κ3) is 4.27. The van der Waals surface area contributed by atoms with Gasteiger partial charge < -0.3 is 4.52 Å². The van der Waals surface area contributed by atoms with Crippen LogP contribution in [0.1, 0.15) is 17.0 Å². The van der Waals surface area contributed by atoms with Gasteiger partial charge >= 0.3 is 6.18 Å². The fourth-order valence-electron chi connectivity index (χ4n) is 3.33. The van der Waals surface area contributed by atoms with Gasteiger partial charge in [-0.15, -0.1) is 5.10 Å². The second kappa shape index (κ2) is 8.37. The molecule has 0 saturated heterocycles. The Morgan fingerprint density at radius 2 is 1.88 bits per heavy atom. The van der Waals surface area contributed by atoms with E-state index in [1.54, 1.807) is 18.2 Å². The predicted octanol–water partition coefficient (Wildman–Crippen LogP) is 3.81. The number of rotatable bonds is 5. The largest absolute Gasteiger partial charge is 0.416 e. The van der Waals surface area contributed by atoms with Gasteiger partial charge in [0.15, 0.2) is 11.2 Å². The molecule has 172 valence electrons. The molecule has 0 fully saturated rings. The minimum Gasteiger partial charge on any atom is -0.337 e. The highest BCUT2D eigenvalue weighted by Crippen LogP contribution is 2.31. The lowest BCUT2D eigenvalue weighted by atomic mass is 10.1. The molecule has 13 heteroatoms. The van der Waals surface area contributed by atoms with E-state index in [9.17, 15) is 18.0 Å². The Morgan fingerprint density at radius 1 is 1.06 bits per heavy atom. The number of fused-ring (bicyclic) bond motifs is 1. The summed E-state index contributed by atoms with van der Waals surface area (Å²) in [7, 11) is 0. The van der Waals surface area contributed by atoms with Gasteiger partial charge in [0, 0.05) is 10.6 Å². The number of hydrogen-bond acceptors (Lipinski definition) is 7. The summed E-state index contributed by atoms with van der Waals surface area (Å²) in [4.78, 5) is 21.2. The summed E-state index contributed by atoms with van der Waals surface area (Å²) in [6.07, 6.45) is -3.21. The van der Waals surface area contributed by atoms with Crippen LogP contribution in [0.25, 0.3) is 22.6 Å². The maximum Gasteiger partial charge on any atom is 0.416 e. The van der Waals surface area contributed by atoms with Gasteiger partial charge in [-0.25, -0.2) is 9.67 Å².